The van der Waals surface area contributed by atoms with Gasteiger partial charge in [-0.2, -0.15) is 0 Å². The largest absolute Gasteiger partial charge is 0.388 e. The molecule has 82 valence electrons. The van der Waals surface area contributed by atoms with Gasteiger partial charge >= 0.3 is 0 Å². The molecular formula is C12H17NO2. The molecule has 0 spiro atoms. The summed E-state index contributed by atoms with van der Waals surface area (Å²) in [7, 11) is 0. The maximum atomic E-state index is 10.5. The molecule has 0 aliphatic heterocycles. The molecule has 1 unspecified atom stereocenters. The highest BCUT2D eigenvalue weighted by molar-refractivity contribution is 5.76. The van der Waals surface area contributed by atoms with Crippen molar-refractivity contribution in [3.63, 3.8) is 0 Å². The lowest BCUT2D eigenvalue weighted by Crippen LogP contribution is -2.05. The van der Waals surface area contributed by atoms with Gasteiger partial charge in [0.25, 0.3) is 0 Å². The lowest BCUT2D eigenvalue weighted by atomic mass is 9.97. The molecule has 0 aromatic heterocycles. The number of carbonyl (C=O) groups excluding carboxylic acids is 1. The minimum absolute atomic E-state index is 0.460. The summed E-state index contributed by atoms with van der Waals surface area (Å²) in [5, 5.41) is 12.4. The van der Waals surface area contributed by atoms with Crippen LogP contribution in [-0.4, -0.2) is 11.5 Å². The summed E-state index contributed by atoms with van der Waals surface area (Å²) in [5.41, 5.74) is 3.63. The molecule has 0 heterocycles. The van der Waals surface area contributed by atoms with Crippen molar-refractivity contribution in [2.24, 2.45) is 0 Å². The van der Waals surface area contributed by atoms with Crippen molar-refractivity contribution in [2.45, 2.75) is 33.3 Å². The molecule has 0 fully saturated rings. The van der Waals surface area contributed by atoms with Crippen LogP contribution >= 0.6 is 0 Å². The Balaban J connectivity index is 3.21. The van der Waals surface area contributed by atoms with Gasteiger partial charge in [-0.3, -0.25) is 4.79 Å². The van der Waals surface area contributed by atoms with E-state index in [2.05, 4.69) is 5.32 Å². The van der Waals surface area contributed by atoms with Gasteiger partial charge in [0.1, 0.15) is 0 Å². The van der Waals surface area contributed by atoms with Crippen molar-refractivity contribution >= 4 is 12.1 Å². The number of aliphatic hydroxyl groups is 1. The third-order valence-electron chi connectivity index (χ3n) is 2.66. The van der Waals surface area contributed by atoms with E-state index in [4.69, 9.17) is 0 Å². The van der Waals surface area contributed by atoms with Crippen LogP contribution in [0.15, 0.2) is 12.1 Å². The first-order valence-corrected chi connectivity index (χ1v) is 5.10. The van der Waals surface area contributed by atoms with Crippen LogP contribution in [0.25, 0.3) is 0 Å². The number of hydrogen-bond acceptors (Lipinski definition) is 2. The minimum atomic E-state index is -0.460. The second-order valence-corrected chi connectivity index (χ2v) is 3.66. The van der Waals surface area contributed by atoms with E-state index in [9.17, 15) is 9.90 Å². The lowest BCUT2D eigenvalue weighted by Gasteiger charge is -2.16. The normalized spacial score (nSPS) is 12.3. The van der Waals surface area contributed by atoms with Gasteiger partial charge in [0.15, 0.2) is 0 Å². The summed E-state index contributed by atoms with van der Waals surface area (Å²) < 4.78 is 0. The molecule has 3 nitrogen and oxygen atoms in total. The van der Waals surface area contributed by atoms with Gasteiger partial charge in [0.2, 0.25) is 6.41 Å². The van der Waals surface area contributed by atoms with Crippen LogP contribution in [0, 0.1) is 13.8 Å². The third kappa shape index (κ3) is 2.36. The van der Waals surface area contributed by atoms with Crippen LogP contribution in [-0.2, 0) is 4.79 Å². The van der Waals surface area contributed by atoms with E-state index in [1.807, 2.05) is 32.9 Å². The number of hydrogen-bond donors (Lipinski definition) is 2. The Bertz CT molecular complexity index is 361. The first kappa shape index (κ1) is 11.7. The van der Waals surface area contributed by atoms with E-state index in [-0.39, 0.29) is 0 Å². The molecule has 15 heavy (non-hydrogen) atoms. The van der Waals surface area contributed by atoms with E-state index in [1.165, 1.54) is 0 Å². The Labute approximate surface area is 90.1 Å². The Morgan fingerprint density at radius 1 is 1.47 bits per heavy atom. The maximum Gasteiger partial charge on any atom is 0.211 e. The van der Waals surface area contributed by atoms with Crippen LogP contribution in [0.4, 0.5) is 5.69 Å². The second-order valence-electron chi connectivity index (χ2n) is 3.66. The number of nitrogens with one attached hydrogen (secondary N) is 1. The minimum Gasteiger partial charge on any atom is -0.388 e. The molecule has 0 aliphatic carbocycles. The van der Waals surface area contributed by atoms with Gasteiger partial charge in [-0.1, -0.05) is 19.1 Å². The zero-order valence-electron chi connectivity index (χ0n) is 9.37. The summed E-state index contributed by atoms with van der Waals surface area (Å²) in [4.78, 5) is 10.5. The van der Waals surface area contributed by atoms with Gasteiger partial charge in [-0.15, -0.1) is 0 Å². The molecule has 2 N–H and O–H groups in total. The van der Waals surface area contributed by atoms with E-state index < -0.39 is 6.10 Å². The summed E-state index contributed by atoms with van der Waals surface area (Å²) in [6.45, 7) is 5.77. The molecule has 0 saturated heterocycles. The number of aryl methyl sites for hydroxylation is 1. The average Bonchev–Trinajstić information content (AvgIpc) is 2.23. The molecule has 0 bridgehead atoms. The zero-order chi connectivity index (χ0) is 11.4. The molecule has 1 rings (SSSR count). The summed E-state index contributed by atoms with van der Waals surface area (Å²) >= 11 is 0. The van der Waals surface area contributed by atoms with Crippen molar-refractivity contribution in [3.05, 3.63) is 28.8 Å². The standard InChI is InChI=1S/C12H17NO2/c1-4-11(15)10-6-5-8(2)12(9(10)3)13-7-14/h5-7,11,15H,4H2,1-3H3,(H,13,14). The molecule has 1 aromatic rings. The van der Waals surface area contributed by atoms with Crippen LogP contribution in [0.1, 0.15) is 36.1 Å². The van der Waals surface area contributed by atoms with Crippen LogP contribution < -0.4 is 5.32 Å². The molecular weight excluding hydrogens is 190 g/mol. The number of anilines is 1. The molecule has 1 atom stereocenters. The van der Waals surface area contributed by atoms with Crippen molar-refractivity contribution in [3.8, 4) is 0 Å². The van der Waals surface area contributed by atoms with Gasteiger partial charge in [-0.25, -0.2) is 0 Å². The van der Waals surface area contributed by atoms with Crippen molar-refractivity contribution in [2.75, 3.05) is 5.32 Å². The molecule has 0 saturated carbocycles. The lowest BCUT2D eigenvalue weighted by molar-refractivity contribution is -0.105. The highest BCUT2D eigenvalue weighted by atomic mass is 16.3. The van der Waals surface area contributed by atoms with Crippen LogP contribution in [0.5, 0.6) is 0 Å². The highest BCUT2D eigenvalue weighted by Crippen LogP contribution is 2.28. The fourth-order valence-electron chi connectivity index (χ4n) is 1.73. The molecule has 3 heteroatoms. The molecule has 0 radical (unpaired) electrons. The van der Waals surface area contributed by atoms with Gasteiger partial charge < -0.3 is 10.4 Å². The molecule has 1 amide bonds. The monoisotopic (exact) mass is 207 g/mol. The first-order chi connectivity index (χ1) is 7.11. The fraction of sp³-hybridized carbons (Fsp3) is 0.417. The van der Waals surface area contributed by atoms with E-state index in [0.717, 1.165) is 22.4 Å². The first-order valence-electron chi connectivity index (χ1n) is 5.10. The number of aliphatic hydroxyl groups excluding tert-OH is 1. The predicted octanol–water partition coefficient (Wildman–Crippen LogP) is 2.32. The smallest absolute Gasteiger partial charge is 0.211 e. The second kappa shape index (κ2) is 4.94. The summed E-state index contributed by atoms with van der Waals surface area (Å²) in [6.07, 6.45) is 0.875. The van der Waals surface area contributed by atoms with E-state index >= 15 is 0 Å². The topological polar surface area (TPSA) is 49.3 Å². The van der Waals surface area contributed by atoms with Crippen molar-refractivity contribution in [1.29, 1.82) is 0 Å². The molecule has 0 aliphatic rings. The fourth-order valence-corrected chi connectivity index (χ4v) is 1.73. The Morgan fingerprint density at radius 3 is 2.67 bits per heavy atom. The van der Waals surface area contributed by atoms with Crippen molar-refractivity contribution < 1.29 is 9.90 Å². The van der Waals surface area contributed by atoms with Gasteiger partial charge in [0, 0.05) is 5.69 Å². The number of rotatable bonds is 4. The van der Waals surface area contributed by atoms with Crippen molar-refractivity contribution in [1.82, 2.24) is 0 Å². The third-order valence-corrected chi connectivity index (χ3v) is 2.66. The van der Waals surface area contributed by atoms with Gasteiger partial charge in [-0.05, 0) is 37.0 Å². The van der Waals surface area contributed by atoms with Gasteiger partial charge in [0.05, 0.1) is 6.10 Å². The van der Waals surface area contributed by atoms with Crippen LogP contribution in [0.3, 0.4) is 0 Å². The van der Waals surface area contributed by atoms with Crippen LogP contribution in [0.2, 0.25) is 0 Å². The van der Waals surface area contributed by atoms with E-state index in [1.54, 1.807) is 0 Å². The SMILES string of the molecule is CCC(O)c1ccc(C)c(NC=O)c1C. The average molecular weight is 207 g/mol. The molecule has 1 aromatic carbocycles. The maximum absolute atomic E-state index is 10.5. The number of amides is 1. The Morgan fingerprint density at radius 2 is 2.13 bits per heavy atom. The number of benzene rings is 1. The summed E-state index contributed by atoms with van der Waals surface area (Å²) in [5.74, 6) is 0. The quantitative estimate of drug-likeness (QED) is 0.744. The summed E-state index contributed by atoms with van der Waals surface area (Å²) in [6, 6.07) is 3.82. The highest BCUT2D eigenvalue weighted by Gasteiger charge is 2.12. The number of carbonyl (C=O) groups is 1. The predicted molar refractivity (Wildman–Crippen MR) is 60.9 cm³/mol. The zero-order valence-corrected chi connectivity index (χ0v) is 9.37. The van der Waals surface area contributed by atoms with E-state index in [0.29, 0.717) is 12.8 Å². The Kier molecular flexibility index (Phi) is 3.86. The Hall–Kier alpha value is -1.35.